The van der Waals surface area contributed by atoms with E-state index in [2.05, 4.69) is 32.8 Å². The van der Waals surface area contributed by atoms with Crippen LogP contribution >= 0.6 is 0 Å². The van der Waals surface area contributed by atoms with Crippen molar-refractivity contribution in [2.24, 2.45) is 11.8 Å². The Kier molecular flexibility index (Phi) is 7.07. The van der Waals surface area contributed by atoms with E-state index in [4.69, 9.17) is 4.52 Å². The second-order valence-corrected chi connectivity index (χ2v) is 8.50. The third-order valence-electron chi connectivity index (χ3n) is 6.01. The Balaban J connectivity index is 1.33. The minimum absolute atomic E-state index is 0.0298. The Hall–Kier alpha value is -3.32. The second-order valence-electron chi connectivity index (χ2n) is 8.50. The molecule has 0 saturated carbocycles. The van der Waals surface area contributed by atoms with Crippen molar-refractivity contribution in [3.63, 3.8) is 0 Å². The number of nitrogens with zero attached hydrogens (tertiary/aromatic N) is 2. The largest absolute Gasteiger partial charge is 0.508 e. The molecule has 1 amide bonds. The number of aromatic nitrogens is 1. The number of rotatable bonds is 8. The summed E-state index contributed by atoms with van der Waals surface area (Å²) >= 11 is 0. The van der Waals surface area contributed by atoms with Crippen molar-refractivity contribution in [2.75, 3.05) is 30.4 Å². The highest BCUT2D eigenvalue weighted by atomic mass is 16.5. The number of para-hydroxylation sites is 1. The molecule has 0 bridgehead atoms. The molecule has 7 heteroatoms. The monoisotopic (exact) mass is 434 g/mol. The topological polar surface area (TPSA) is 90.6 Å². The average molecular weight is 435 g/mol. The fourth-order valence-electron chi connectivity index (χ4n) is 4.32. The SMILES string of the molecule is CN(Cc1cc(C[C@@H]2CNCC[C@H]2CC(=O)Nc2cccc(O)c2)no1)c1ccccc1. The number of phenolic OH excluding ortho intramolecular Hbond substituents is 1. The van der Waals surface area contributed by atoms with E-state index < -0.39 is 0 Å². The number of aromatic hydroxyl groups is 1. The van der Waals surface area contributed by atoms with E-state index in [-0.39, 0.29) is 17.6 Å². The van der Waals surface area contributed by atoms with Crippen LogP contribution in [0.2, 0.25) is 0 Å². The van der Waals surface area contributed by atoms with Gasteiger partial charge in [-0.25, -0.2) is 0 Å². The molecule has 0 spiro atoms. The van der Waals surface area contributed by atoms with Crippen LogP contribution in [0.4, 0.5) is 11.4 Å². The molecule has 3 aromatic rings. The van der Waals surface area contributed by atoms with Gasteiger partial charge in [0.05, 0.1) is 12.2 Å². The molecule has 0 aliphatic carbocycles. The van der Waals surface area contributed by atoms with Crippen LogP contribution in [-0.4, -0.2) is 36.3 Å². The van der Waals surface area contributed by atoms with Crippen molar-refractivity contribution in [1.82, 2.24) is 10.5 Å². The zero-order valence-electron chi connectivity index (χ0n) is 18.3. The number of piperidine rings is 1. The quantitative estimate of drug-likeness (QED) is 0.499. The van der Waals surface area contributed by atoms with Gasteiger partial charge in [-0.1, -0.05) is 29.4 Å². The summed E-state index contributed by atoms with van der Waals surface area (Å²) in [5, 5.41) is 20.2. The molecule has 7 nitrogen and oxygen atoms in total. The van der Waals surface area contributed by atoms with Gasteiger partial charge in [-0.05, 0) is 62.0 Å². The van der Waals surface area contributed by atoms with E-state index in [1.54, 1.807) is 24.3 Å². The number of amides is 1. The molecule has 2 heterocycles. The lowest BCUT2D eigenvalue weighted by atomic mass is 9.81. The molecule has 0 radical (unpaired) electrons. The summed E-state index contributed by atoms with van der Waals surface area (Å²) in [5.41, 5.74) is 2.66. The molecule has 1 aliphatic rings. The molecule has 1 saturated heterocycles. The van der Waals surface area contributed by atoms with Gasteiger partial charge in [-0.3, -0.25) is 4.79 Å². The van der Waals surface area contributed by atoms with E-state index >= 15 is 0 Å². The minimum Gasteiger partial charge on any atom is -0.508 e. The molecule has 168 valence electrons. The molecule has 2 aromatic carbocycles. The standard InChI is InChI=1S/C25H30N4O3/c1-29(22-7-3-2-4-8-22)17-24-15-21(28-32-24)12-19-16-26-11-10-18(19)13-25(31)27-20-6-5-9-23(30)14-20/h2-9,14-15,18-19,26,30H,10-13,16-17H2,1H3,(H,27,31)/t18-,19+/m0/s1. The number of benzene rings is 2. The number of carbonyl (C=O) groups is 1. The predicted molar refractivity (Wildman–Crippen MR) is 125 cm³/mol. The maximum atomic E-state index is 12.6. The summed E-state index contributed by atoms with van der Waals surface area (Å²) < 4.78 is 5.59. The van der Waals surface area contributed by atoms with Gasteiger partial charge in [0.2, 0.25) is 5.91 Å². The third kappa shape index (κ3) is 5.88. The predicted octanol–water partition coefficient (Wildman–Crippen LogP) is 3.81. The van der Waals surface area contributed by atoms with Gasteiger partial charge in [-0.15, -0.1) is 0 Å². The average Bonchev–Trinajstić information content (AvgIpc) is 3.22. The van der Waals surface area contributed by atoms with Crippen LogP contribution in [0.15, 0.2) is 65.2 Å². The lowest BCUT2D eigenvalue weighted by molar-refractivity contribution is -0.117. The molecule has 1 aromatic heterocycles. The lowest BCUT2D eigenvalue weighted by Crippen LogP contribution is -2.39. The highest BCUT2D eigenvalue weighted by Gasteiger charge is 2.28. The molecule has 3 N–H and O–H groups in total. The lowest BCUT2D eigenvalue weighted by Gasteiger charge is -2.31. The molecule has 1 aliphatic heterocycles. The van der Waals surface area contributed by atoms with Crippen LogP contribution < -0.4 is 15.5 Å². The van der Waals surface area contributed by atoms with Crippen molar-refractivity contribution in [2.45, 2.75) is 25.8 Å². The van der Waals surface area contributed by atoms with Gasteiger partial charge in [0.1, 0.15) is 5.75 Å². The smallest absolute Gasteiger partial charge is 0.224 e. The third-order valence-corrected chi connectivity index (χ3v) is 6.01. The molecular weight excluding hydrogens is 404 g/mol. The van der Waals surface area contributed by atoms with Crippen LogP contribution in [0.1, 0.15) is 24.3 Å². The number of hydrogen-bond acceptors (Lipinski definition) is 6. The van der Waals surface area contributed by atoms with Crippen LogP contribution in [0.3, 0.4) is 0 Å². The second kappa shape index (κ2) is 10.3. The molecule has 0 unspecified atom stereocenters. The highest BCUT2D eigenvalue weighted by Crippen LogP contribution is 2.27. The molecule has 4 rings (SSSR count). The van der Waals surface area contributed by atoms with Crippen LogP contribution in [0.5, 0.6) is 5.75 Å². The van der Waals surface area contributed by atoms with E-state index in [0.29, 0.717) is 24.6 Å². The number of anilines is 2. The molecule has 2 atom stereocenters. The minimum atomic E-state index is -0.0298. The number of carbonyl (C=O) groups excluding carboxylic acids is 1. The zero-order valence-corrected chi connectivity index (χ0v) is 18.3. The Labute approximate surface area is 188 Å². The van der Waals surface area contributed by atoms with E-state index in [0.717, 1.165) is 43.1 Å². The maximum absolute atomic E-state index is 12.6. The first-order valence-corrected chi connectivity index (χ1v) is 11.1. The van der Waals surface area contributed by atoms with Crippen LogP contribution in [-0.2, 0) is 17.8 Å². The van der Waals surface area contributed by atoms with Gasteiger partial charge in [-0.2, -0.15) is 0 Å². The van der Waals surface area contributed by atoms with E-state index in [1.807, 2.05) is 31.3 Å². The Morgan fingerprint density at radius 1 is 1.19 bits per heavy atom. The molecular formula is C25H30N4O3. The fraction of sp³-hybridized carbons (Fsp3) is 0.360. The van der Waals surface area contributed by atoms with Crippen LogP contribution in [0, 0.1) is 11.8 Å². The van der Waals surface area contributed by atoms with E-state index in [9.17, 15) is 9.90 Å². The van der Waals surface area contributed by atoms with E-state index in [1.165, 1.54) is 0 Å². The van der Waals surface area contributed by atoms with Crippen molar-refractivity contribution in [3.8, 4) is 5.75 Å². The molecule has 32 heavy (non-hydrogen) atoms. The zero-order chi connectivity index (χ0) is 22.3. The van der Waals surface area contributed by atoms with Crippen LogP contribution in [0.25, 0.3) is 0 Å². The summed E-state index contributed by atoms with van der Waals surface area (Å²) in [6.45, 7) is 2.42. The summed E-state index contributed by atoms with van der Waals surface area (Å²) in [6, 6.07) is 18.8. The van der Waals surface area contributed by atoms with Gasteiger partial charge in [0.15, 0.2) is 5.76 Å². The first kappa shape index (κ1) is 21.9. The number of hydrogen-bond donors (Lipinski definition) is 3. The Morgan fingerprint density at radius 3 is 2.84 bits per heavy atom. The first-order chi connectivity index (χ1) is 15.6. The maximum Gasteiger partial charge on any atom is 0.224 e. The normalized spacial score (nSPS) is 18.3. The van der Waals surface area contributed by atoms with Crippen molar-refractivity contribution < 1.29 is 14.4 Å². The first-order valence-electron chi connectivity index (χ1n) is 11.1. The van der Waals surface area contributed by atoms with Crippen molar-refractivity contribution in [3.05, 3.63) is 72.1 Å². The number of phenols is 1. The summed E-state index contributed by atoms with van der Waals surface area (Å²) in [6.07, 6.45) is 2.17. The number of nitrogens with one attached hydrogen (secondary N) is 2. The van der Waals surface area contributed by atoms with Gasteiger partial charge in [0.25, 0.3) is 0 Å². The van der Waals surface area contributed by atoms with Gasteiger partial charge >= 0.3 is 0 Å². The summed E-state index contributed by atoms with van der Waals surface area (Å²) in [7, 11) is 2.03. The Morgan fingerprint density at radius 2 is 2.03 bits per heavy atom. The highest BCUT2D eigenvalue weighted by molar-refractivity contribution is 5.91. The molecule has 1 fully saturated rings. The van der Waals surface area contributed by atoms with Gasteiger partial charge in [0, 0.05) is 37.0 Å². The van der Waals surface area contributed by atoms with Crippen molar-refractivity contribution in [1.29, 1.82) is 0 Å². The fourth-order valence-corrected chi connectivity index (χ4v) is 4.32. The van der Waals surface area contributed by atoms with Gasteiger partial charge < -0.3 is 25.2 Å². The Bertz CT molecular complexity index is 1020. The summed E-state index contributed by atoms with van der Waals surface area (Å²) in [4.78, 5) is 14.7. The summed E-state index contributed by atoms with van der Waals surface area (Å²) in [5.74, 6) is 1.51. The van der Waals surface area contributed by atoms with Crippen molar-refractivity contribution >= 4 is 17.3 Å².